The first-order chi connectivity index (χ1) is 32.8. The number of hydrogen-bond acceptors (Lipinski definition) is 8. The fourth-order valence-electron chi connectivity index (χ4n) is 6.50. The van der Waals surface area contributed by atoms with Gasteiger partial charge in [0.05, 0.1) is 13.2 Å². The van der Waals surface area contributed by atoms with Crippen molar-refractivity contribution in [2.75, 3.05) is 26.4 Å². The monoisotopic (exact) mass is 952 g/mol. The van der Waals surface area contributed by atoms with Crippen molar-refractivity contribution in [2.24, 2.45) is 5.73 Å². The maximum atomic E-state index is 12.7. The number of carbonyl (C=O) groups excluding carboxylic acids is 2. The maximum Gasteiger partial charge on any atom is 0.472 e. The Morgan fingerprint density at radius 2 is 0.821 bits per heavy atom. The molecule has 2 unspecified atom stereocenters. The highest BCUT2D eigenvalue weighted by molar-refractivity contribution is 7.47. The molecule has 0 aliphatic carbocycles. The Morgan fingerprint density at radius 3 is 1.24 bits per heavy atom. The summed E-state index contributed by atoms with van der Waals surface area (Å²) in [6.07, 6.45) is 70.9. The molecule has 0 saturated heterocycles. The Labute approximate surface area is 409 Å². The van der Waals surface area contributed by atoms with Crippen LogP contribution in [0.3, 0.4) is 0 Å². The van der Waals surface area contributed by atoms with Crippen LogP contribution in [-0.4, -0.2) is 49.3 Å². The lowest BCUT2D eigenvalue weighted by molar-refractivity contribution is -0.161. The number of phosphoric ester groups is 1. The summed E-state index contributed by atoms with van der Waals surface area (Å²) in [7, 11) is -4.41. The third-order valence-corrected chi connectivity index (χ3v) is 11.3. The van der Waals surface area contributed by atoms with Gasteiger partial charge in [0.2, 0.25) is 0 Å². The lowest BCUT2D eigenvalue weighted by Gasteiger charge is -2.19. The molecule has 0 heterocycles. The zero-order valence-electron chi connectivity index (χ0n) is 42.1. The van der Waals surface area contributed by atoms with Crippen LogP contribution >= 0.6 is 7.82 Å². The largest absolute Gasteiger partial charge is 0.472 e. The first-order valence-corrected chi connectivity index (χ1v) is 27.5. The molecule has 0 aromatic carbocycles. The number of carbonyl (C=O) groups is 2. The Morgan fingerprint density at radius 1 is 0.463 bits per heavy atom. The van der Waals surface area contributed by atoms with E-state index in [-0.39, 0.29) is 32.6 Å². The third kappa shape index (κ3) is 51.6. The summed E-state index contributed by atoms with van der Waals surface area (Å²) in [5.74, 6) is -0.891. The molecule has 10 heteroatoms. The molecule has 0 fully saturated rings. The van der Waals surface area contributed by atoms with E-state index in [1.165, 1.54) is 38.5 Å². The van der Waals surface area contributed by atoms with Crippen molar-refractivity contribution in [1.29, 1.82) is 0 Å². The molecule has 2 atom stereocenters. The predicted molar refractivity (Wildman–Crippen MR) is 284 cm³/mol. The fourth-order valence-corrected chi connectivity index (χ4v) is 7.27. The van der Waals surface area contributed by atoms with Gasteiger partial charge in [-0.3, -0.25) is 18.6 Å². The van der Waals surface area contributed by atoms with Gasteiger partial charge < -0.3 is 20.1 Å². The molecule has 0 radical (unpaired) electrons. The Hall–Kier alpha value is -3.59. The van der Waals surface area contributed by atoms with E-state index in [0.29, 0.717) is 12.8 Å². The SMILES string of the molecule is CC/C=C\C/C=C\C/C=C\C/C=C\C/C=C\C/C=C\C/C=C\CCCCCC(=O)OC(COC(=O)CCCCCCCC/C=C\C/C=C\C/C=C\CCCCCCC)COP(=O)(O)OCCN. The molecule has 0 aliphatic rings. The van der Waals surface area contributed by atoms with Crippen molar-refractivity contribution < 1.29 is 37.6 Å². The van der Waals surface area contributed by atoms with Crippen LogP contribution < -0.4 is 5.73 Å². The number of unbranched alkanes of at least 4 members (excludes halogenated alkanes) is 14. The second kappa shape index (κ2) is 51.8. The van der Waals surface area contributed by atoms with Gasteiger partial charge in [-0.25, -0.2) is 4.57 Å². The maximum absolute atomic E-state index is 12.7. The van der Waals surface area contributed by atoms with E-state index in [9.17, 15) is 19.0 Å². The summed E-state index contributed by atoms with van der Waals surface area (Å²) in [4.78, 5) is 35.1. The van der Waals surface area contributed by atoms with Crippen molar-refractivity contribution in [3.63, 3.8) is 0 Å². The Balaban J connectivity index is 4.20. The topological polar surface area (TPSA) is 134 Å². The molecule has 0 aromatic rings. The fraction of sp³-hybridized carbons (Fsp3) is 0.614. The first kappa shape index (κ1) is 63.4. The number of phosphoric acid groups is 1. The van der Waals surface area contributed by atoms with Crippen LogP contribution in [0.4, 0.5) is 0 Å². The van der Waals surface area contributed by atoms with Crippen molar-refractivity contribution in [2.45, 2.75) is 200 Å². The molecular formula is C57H94NO8P. The molecule has 0 saturated carbocycles. The zero-order valence-corrected chi connectivity index (χ0v) is 43.0. The number of hydrogen-bond donors (Lipinski definition) is 2. The average molecular weight is 952 g/mol. The van der Waals surface area contributed by atoms with Crippen LogP contribution in [0.25, 0.3) is 0 Å². The second-order valence-corrected chi connectivity index (χ2v) is 18.1. The molecule has 380 valence electrons. The minimum Gasteiger partial charge on any atom is -0.462 e. The highest BCUT2D eigenvalue weighted by Crippen LogP contribution is 2.43. The molecule has 0 aromatic heterocycles. The molecule has 3 N–H and O–H groups in total. The lowest BCUT2D eigenvalue weighted by atomic mass is 10.1. The average Bonchev–Trinajstić information content (AvgIpc) is 3.32. The summed E-state index contributed by atoms with van der Waals surface area (Å²) >= 11 is 0. The summed E-state index contributed by atoms with van der Waals surface area (Å²) in [6.45, 7) is 3.54. The summed E-state index contributed by atoms with van der Waals surface area (Å²) in [5, 5.41) is 0. The zero-order chi connectivity index (χ0) is 48.8. The van der Waals surface area contributed by atoms with Crippen molar-refractivity contribution >= 4 is 19.8 Å². The van der Waals surface area contributed by atoms with Gasteiger partial charge in [0.15, 0.2) is 6.10 Å². The highest BCUT2D eigenvalue weighted by Gasteiger charge is 2.26. The minimum atomic E-state index is -4.41. The second-order valence-electron chi connectivity index (χ2n) is 16.7. The van der Waals surface area contributed by atoms with Gasteiger partial charge >= 0.3 is 19.8 Å². The quantitative estimate of drug-likeness (QED) is 0.0265. The van der Waals surface area contributed by atoms with E-state index < -0.39 is 32.5 Å². The summed E-state index contributed by atoms with van der Waals surface area (Å²) < 4.78 is 32.9. The normalized spacial score (nSPS) is 14.1. The van der Waals surface area contributed by atoms with Crippen LogP contribution in [0.2, 0.25) is 0 Å². The van der Waals surface area contributed by atoms with E-state index in [0.717, 1.165) is 116 Å². The van der Waals surface area contributed by atoms with E-state index in [2.05, 4.69) is 135 Å². The molecule has 0 bridgehead atoms. The molecule has 67 heavy (non-hydrogen) atoms. The van der Waals surface area contributed by atoms with Crippen molar-refractivity contribution in [1.82, 2.24) is 0 Å². The van der Waals surface area contributed by atoms with Crippen molar-refractivity contribution in [3.05, 3.63) is 122 Å². The van der Waals surface area contributed by atoms with Gasteiger partial charge in [-0.15, -0.1) is 0 Å². The molecular weight excluding hydrogens is 858 g/mol. The van der Waals surface area contributed by atoms with Gasteiger partial charge in [-0.2, -0.15) is 0 Å². The third-order valence-electron chi connectivity index (χ3n) is 10.3. The summed E-state index contributed by atoms with van der Waals surface area (Å²) in [6, 6.07) is 0. The predicted octanol–water partition coefficient (Wildman–Crippen LogP) is 16.1. The lowest BCUT2D eigenvalue weighted by Crippen LogP contribution is -2.29. The van der Waals surface area contributed by atoms with Crippen LogP contribution in [0.1, 0.15) is 194 Å². The molecule has 0 rings (SSSR count). The number of nitrogens with two attached hydrogens (primary N) is 1. The minimum absolute atomic E-state index is 0.0382. The van der Waals surface area contributed by atoms with Gasteiger partial charge in [0, 0.05) is 19.4 Å². The number of rotatable bonds is 47. The van der Waals surface area contributed by atoms with E-state index in [1.54, 1.807) is 0 Å². The smallest absolute Gasteiger partial charge is 0.462 e. The Bertz CT molecular complexity index is 1500. The highest BCUT2D eigenvalue weighted by atomic mass is 31.2. The van der Waals surface area contributed by atoms with Crippen LogP contribution in [-0.2, 0) is 32.7 Å². The first-order valence-electron chi connectivity index (χ1n) is 26.0. The van der Waals surface area contributed by atoms with E-state index in [4.69, 9.17) is 24.3 Å². The number of allylic oxidation sites excluding steroid dienone is 20. The molecule has 0 spiro atoms. The standard InChI is InChI=1S/C57H94NO8P/c1-3-5-7-9-11-13-15-17-19-21-23-25-26-27-28-30-32-34-36-38-40-42-44-46-48-50-57(60)66-55(54-65-67(61,62)64-52-51-58)53-63-56(59)49-47-45-43-41-39-37-35-33-31-29-24-22-20-18-16-14-12-10-8-6-4-2/h5,7,11,13,16-19,22-25,27-28,31-34,38,40,55H,3-4,6,8-10,12,14-15,20-21,26,29-30,35-37,39,41-54,58H2,1-2H3,(H,61,62)/b7-5-,13-11-,18-16-,19-17-,24-22-,25-23-,28-27-,33-31-,34-32-,40-38-. The molecule has 0 amide bonds. The van der Waals surface area contributed by atoms with Crippen LogP contribution in [0, 0.1) is 0 Å². The van der Waals surface area contributed by atoms with Gasteiger partial charge in [-0.05, 0) is 109 Å². The van der Waals surface area contributed by atoms with E-state index >= 15 is 0 Å². The van der Waals surface area contributed by atoms with Gasteiger partial charge in [-0.1, -0.05) is 193 Å². The molecule has 9 nitrogen and oxygen atoms in total. The molecule has 0 aliphatic heterocycles. The van der Waals surface area contributed by atoms with E-state index in [1.807, 2.05) is 0 Å². The summed E-state index contributed by atoms with van der Waals surface area (Å²) in [5.41, 5.74) is 5.37. The number of ether oxygens (including phenoxy) is 2. The van der Waals surface area contributed by atoms with Crippen molar-refractivity contribution in [3.8, 4) is 0 Å². The van der Waals surface area contributed by atoms with Crippen LogP contribution in [0.15, 0.2) is 122 Å². The van der Waals surface area contributed by atoms with Crippen LogP contribution in [0.5, 0.6) is 0 Å². The number of esters is 2. The van der Waals surface area contributed by atoms with Gasteiger partial charge in [0.25, 0.3) is 0 Å². The van der Waals surface area contributed by atoms with Gasteiger partial charge in [0.1, 0.15) is 6.61 Å². The Kier molecular flexibility index (Phi) is 49.0.